The largest absolute Gasteiger partial charge is 0.351 e. The Morgan fingerprint density at radius 3 is 1.70 bits per heavy atom. The lowest BCUT2D eigenvalue weighted by Crippen LogP contribution is -2.03. The average Bonchev–Trinajstić information content (AvgIpc) is 3.40. The number of hydrogen-bond acceptors (Lipinski definition) is 1. The molecule has 2 nitrogen and oxygen atoms in total. The number of rotatable bonds is 14. The van der Waals surface area contributed by atoms with E-state index >= 15 is 0 Å². The first-order valence-electron chi connectivity index (χ1n) is 14.2. The average molecular weight is 492 g/mol. The summed E-state index contributed by atoms with van der Waals surface area (Å²) in [5.41, 5.74) is 8.22. The summed E-state index contributed by atoms with van der Waals surface area (Å²) in [4.78, 5) is 17.0. The van der Waals surface area contributed by atoms with Crippen LogP contribution in [0.5, 0.6) is 0 Å². The Kier molecular flexibility index (Phi) is 9.94. The van der Waals surface area contributed by atoms with E-state index in [1.165, 1.54) is 62.5 Å². The van der Waals surface area contributed by atoms with Gasteiger partial charge in [-0.05, 0) is 54.0 Å². The molecule has 0 aliphatic carbocycles. The number of carbonyl (C=O) groups excluding carboxylic acids is 1. The molecule has 0 saturated carbocycles. The summed E-state index contributed by atoms with van der Waals surface area (Å²) in [5, 5.41) is 0. The molecule has 0 aliphatic rings. The van der Waals surface area contributed by atoms with Gasteiger partial charge in [-0.15, -0.1) is 0 Å². The maximum absolute atomic E-state index is 13.5. The van der Waals surface area contributed by atoms with Gasteiger partial charge in [0.2, 0.25) is 5.78 Å². The van der Waals surface area contributed by atoms with Crippen molar-refractivity contribution < 1.29 is 4.79 Å². The van der Waals surface area contributed by atoms with Crippen LogP contribution in [0.3, 0.4) is 0 Å². The number of aromatic amines is 1. The van der Waals surface area contributed by atoms with Crippen LogP contribution in [-0.2, 0) is 12.8 Å². The zero-order valence-corrected chi connectivity index (χ0v) is 22.6. The minimum atomic E-state index is 0.0260. The van der Waals surface area contributed by atoms with Gasteiger partial charge in [-0.2, -0.15) is 0 Å². The van der Waals surface area contributed by atoms with E-state index in [4.69, 9.17) is 0 Å². The first-order valence-corrected chi connectivity index (χ1v) is 14.2. The van der Waals surface area contributed by atoms with Gasteiger partial charge in [0, 0.05) is 16.8 Å². The first kappa shape index (κ1) is 26.7. The normalized spacial score (nSPS) is 11.1. The molecule has 4 rings (SSSR count). The molecule has 0 unspecified atom stereocenters. The summed E-state index contributed by atoms with van der Waals surface area (Å²) < 4.78 is 0. The van der Waals surface area contributed by atoms with Crippen molar-refractivity contribution in [2.45, 2.75) is 78.1 Å². The van der Waals surface area contributed by atoms with Crippen molar-refractivity contribution in [3.8, 4) is 22.4 Å². The molecule has 0 spiro atoms. The zero-order chi connectivity index (χ0) is 25.9. The molecule has 0 amide bonds. The molecule has 3 aromatic carbocycles. The van der Waals surface area contributed by atoms with Crippen LogP contribution in [-0.4, -0.2) is 10.8 Å². The van der Waals surface area contributed by atoms with Gasteiger partial charge in [-0.3, -0.25) is 4.79 Å². The lowest BCUT2D eigenvalue weighted by Gasteiger charge is -2.06. The zero-order valence-electron chi connectivity index (χ0n) is 22.6. The number of unbranched alkanes of at least 4 members (excludes halogenated alkanes) is 6. The van der Waals surface area contributed by atoms with Crippen LogP contribution in [0.2, 0.25) is 0 Å². The van der Waals surface area contributed by atoms with E-state index in [-0.39, 0.29) is 5.78 Å². The molecule has 4 aromatic rings. The molecule has 0 saturated heterocycles. The second kappa shape index (κ2) is 13.8. The maximum atomic E-state index is 13.5. The number of benzene rings is 3. The van der Waals surface area contributed by atoms with Crippen LogP contribution in [0.4, 0.5) is 0 Å². The molecule has 1 heterocycles. The van der Waals surface area contributed by atoms with E-state index < -0.39 is 0 Å². The van der Waals surface area contributed by atoms with Crippen molar-refractivity contribution in [1.29, 1.82) is 0 Å². The molecule has 0 bridgehead atoms. The maximum Gasteiger partial charge on any atom is 0.209 e. The highest BCUT2D eigenvalue weighted by molar-refractivity contribution is 6.12. The topological polar surface area (TPSA) is 32.9 Å². The molecule has 192 valence electrons. The third-order valence-corrected chi connectivity index (χ3v) is 7.25. The second-order valence-electron chi connectivity index (χ2n) is 10.2. The molecular formula is C35H41NO. The van der Waals surface area contributed by atoms with Crippen LogP contribution in [0.25, 0.3) is 22.4 Å². The molecule has 0 aliphatic heterocycles. The highest BCUT2D eigenvalue weighted by Crippen LogP contribution is 2.32. The molecule has 0 radical (unpaired) electrons. The Morgan fingerprint density at radius 1 is 0.622 bits per heavy atom. The van der Waals surface area contributed by atoms with E-state index in [9.17, 15) is 4.79 Å². The predicted molar refractivity (Wildman–Crippen MR) is 157 cm³/mol. The van der Waals surface area contributed by atoms with E-state index in [0.717, 1.165) is 35.2 Å². The minimum Gasteiger partial charge on any atom is -0.351 e. The molecule has 1 N–H and O–H groups in total. The van der Waals surface area contributed by atoms with E-state index in [1.807, 2.05) is 30.3 Å². The van der Waals surface area contributed by atoms with Crippen molar-refractivity contribution in [3.05, 3.63) is 107 Å². The number of nitrogens with one attached hydrogen (secondary N) is 1. The Balaban J connectivity index is 1.59. The third-order valence-electron chi connectivity index (χ3n) is 7.25. The van der Waals surface area contributed by atoms with Crippen LogP contribution in [0.15, 0.2) is 84.9 Å². The Bertz CT molecular complexity index is 1230. The fourth-order valence-corrected chi connectivity index (χ4v) is 4.96. The van der Waals surface area contributed by atoms with Crippen LogP contribution in [0.1, 0.15) is 92.4 Å². The molecule has 0 atom stereocenters. The minimum absolute atomic E-state index is 0.0260. The summed E-state index contributed by atoms with van der Waals surface area (Å²) in [6, 6.07) is 29.3. The summed E-state index contributed by atoms with van der Waals surface area (Å²) in [7, 11) is 0. The van der Waals surface area contributed by atoms with Gasteiger partial charge in [0.25, 0.3) is 0 Å². The number of carbonyl (C=O) groups is 1. The lowest BCUT2D eigenvalue weighted by molar-refractivity contribution is 0.103. The fourth-order valence-electron chi connectivity index (χ4n) is 4.96. The van der Waals surface area contributed by atoms with E-state index in [0.29, 0.717) is 11.3 Å². The van der Waals surface area contributed by atoms with Gasteiger partial charge < -0.3 is 4.98 Å². The number of aromatic nitrogens is 1. The monoisotopic (exact) mass is 491 g/mol. The van der Waals surface area contributed by atoms with Crippen LogP contribution >= 0.6 is 0 Å². The van der Waals surface area contributed by atoms with E-state index in [2.05, 4.69) is 73.4 Å². The Labute approximate surface area is 223 Å². The molecule has 0 fully saturated rings. The number of hydrogen-bond donors (Lipinski definition) is 1. The number of H-pyrrole nitrogens is 1. The van der Waals surface area contributed by atoms with Gasteiger partial charge in [0.05, 0.1) is 5.69 Å². The predicted octanol–water partition coefficient (Wildman–Crippen LogP) is 9.83. The number of ketones is 1. The summed E-state index contributed by atoms with van der Waals surface area (Å²) in [5.74, 6) is 0.0260. The van der Waals surface area contributed by atoms with Gasteiger partial charge in [-0.1, -0.05) is 131 Å². The van der Waals surface area contributed by atoms with Crippen LogP contribution < -0.4 is 0 Å². The van der Waals surface area contributed by atoms with Crippen molar-refractivity contribution in [3.63, 3.8) is 0 Å². The molecule has 1 aromatic heterocycles. The summed E-state index contributed by atoms with van der Waals surface area (Å²) in [6.45, 7) is 4.50. The SMILES string of the molecule is CCCCCCc1ccc(-c2cc(-c3ccc(CCCCCC)cc3)c(C(=O)c3ccccc3)[nH]2)cc1. The third kappa shape index (κ3) is 7.32. The first-order chi connectivity index (χ1) is 18.2. The Morgan fingerprint density at radius 2 is 1.16 bits per heavy atom. The molecular weight excluding hydrogens is 450 g/mol. The summed E-state index contributed by atoms with van der Waals surface area (Å²) in [6.07, 6.45) is 12.4. The van der Waals surface area contributed by atoms with Gasteiger partial charge >= 0.3 is 0 Å². The second-order valence-corrected chi connectivity index (χ2v) is 10.2. The van der Waals surface area contributed by atoms with Crippen LogP contribution in [0, 0.1) is 0 Å². The fraction of sp³-hybridized carbons (Fsp3) is 0.343. The van der Waals surface area contributed by atoms with Crippen molar-refractivity contribution >= 4 is 5.78 Å². The van der Waals surface area contributed by atoms with Gasteiger partial charge in [0.1, 0.15) is 0 Å². The van der Waals surface area contributed by atoms with Gasteiger partial charge in [-0.25, -0.2) is 0 Å². The quantitative estimate of drug-likeness (QED) is 0.138. The smallest absolute Gasteiger partial charge is 0.209 e. The summed E-state index contributed by atoms with van der Waals surface area (Å²) >= 11 is 0. The standard InChI is InChI=1S/C35H41NO/c1-3-5-7-10-14-27-18-22-29(23-19-27)32-26-33(36-34(32)35(37)31-16-12-9-13-17-31)30-24-20-28(21-25-30)15-11-8-6-4-2/h9,12-13,16-26,36H,3-8,10-11,14-15H2,1-2H3. The highest BCUT2D eigenvalue weighted by Gasteiger charge is 2.19. The molecule has 2 heteroatoms. The van der Waals surface area contributed by atoms with Crippen molar-refractivity contribution in [1.82, 2.24) is 4.98 Å². The number of aryl methyl sites for hydroxylation is 2. The van der Waals surface area contributed by atoms with Crippen molar-refractivity contribution in [2.24, 2.45) is 0 Å². The molecule has 37 heavy (non-hydrogen) atoms. The lowest BCUT2D eigenvalue weighted by atomic mass is 9.98. The Hall–Kier alpha value is -3.39. The van der Waals surface area contributed by atoms with E-state index in [1.54, 1.807) is 0 Å². The van der Waals surface area contributed by atoms with Gasteiger partial charge in [0.15, 0.2) is 0 Å². The highest BCUT2D eigenvalue weighted by atomic mass is 16.1. The van der Waals surface area contributed by atoms with Crippen molar-refractivity contribution in [2.75, 3.05) is 0 Å².